The number of rotatable bonds is 10. The molecule has 214 valence electrons. The highest BCUT2D eigenvalue weighted by Crippen LogP contribution is 2.33. The van der Waals surface area contributed by atoms with E-state index in [0.29, 0.717) is 0 Å². The number of nitrogens with zero attached hydrogens (tertiary/aromatic N) is 3. The minimum Gasteiger partial charge on any atom is -0.481 e. The molecule has 0 amide bonds. The van der Waals surface area contributed by atoms with Gasteiger partial charge in [0, 0.05) is 32.4 Å². The molecule has 4 rings (SSSR count). The molecule has 11 heteroatoms. The molecule has 2 heterocycles. The Morgan fingerprint density at radius 2 is 1.48 bits per heavy atom. The van der Waals surface area contributed by atoms with Crippen molar-refractivity contribution in [2.45, 2.75) is 56.9 Å². The molecule has 0 saturated carbocycles. The number of aliphatic carboxylic acids is 3. The molecule has 1 fully saturated rings. The number of likely N-dealkylation sites (tertiary alicyclic amines) is 1. The predicted molar refractivity (Wildman–Crippen MR) is 144 cm³/mol. The molecule has 1 aliphatic rings. The number of carboxylic acids is 3. The van der Waals surface area contributed by atoms with Crippen LogP contribution in [0.5, 0.6) is 0 Å². The maximum absolute atomic E-state index is 11.1. The summed E-state index contributed by atoms with van der Waals surface area (Å²) in [6.45, 7) is 5.57. The third-order valence-corrected chi connectivity index (χ3v) is 6.94. The Kier molecular flexibility index (Phi) is 10.2. The zero-order valence-corrected chi connectivity index (χ0v) is 22.3. The summed E-state index contributed by atoms with van der Waals surface area (Å²) in [5, 5.41) is 44.9. The van der Waals surface area contributed by atoms with Gasteiger partial charge in [-0.3, -0.25) is 14.5 Å². The van der Waals surface area contributed by atoms with E-state index in [0.717, 1.165) is 44.6 Å². The smallest absolute Gasteiger partial charge is 0.336 e. The minimum atomic E-state index is -2.74. The number of aryl methyl sites for hydroxylation is 1. The highest BCUT2D eigenvalue weighted by molar-refractivity contribution is 5.88. The van der Waals surface area contributed by atoms with Crippen LogP contribution in [0.2, 0.25) is 0 Å². The Balaban J connectivity index is 0.000000289. The van der Waals surface area contributed by atoms with Gasteiger partial charge in [-0.25, -0.2) is 9.78 Å². The molecule has 0 bridgehead atoms. The normalized spacial score (nSPS) is 15.1. The maximum atomic E-state index is 11.1. The number of hydrogen-bond donors (Lipinski definition) is 5. The second-order valence-electron chi connectivity index (χ2n) is 10.2. The van der Waals surface area contributed by atoms with E-state index in [1.807, 2.05) is 18.6 Å². The lowest BCUT2D eigenvalue weighted by molar-refractivity contribution is -0.170. The van der Waals surface area contributed by atoms with E-state index in [1.54, 1.807) is 0 Å². The Labute approximate surface area is 232 Å². The van der Waals surface area contributed by atoms with Gasteiger partial charge in [-0.05, 0) is 30.9 Å². The molecule has 40 heavy (non-hydrogen) atoms. The number of hydrogen-bond acceptors (Lipinski definition) is 7. The van der Waals surface area contributed by atoms with Crippen LogP contribution in [-0.4, -0.2) is 76.6 Å². The van der Waals surface area contributed by atoms with Gasteiger partial charge in [0.05, 0.1) is 30.5 Å². The topological polar surface area (TPSA) is 173 Å². The number of aromatic nitrogens is 2. The minimum absolute atomic E-state index is 0.700. The molecule has 1 aromatic heterocycles. The first-order chi connectivity index (χ1) is 18.9. The van der Waals surface area contributed by atoms with E-state index in [2.05, 4.69) is 69.9 Å². The first kappa shape index (κ1) is 30.5. The van der Waals surface area contributed by atoms with E-state index in [-0.39, 0.29) is 0 Å². The van der Waals surface area contributed by atoms with Crippen LogP contribution in [-0.2, 0) is 33.1 Å². The molecule has 1 saturated heterocycles. The zero-order chi connectivity index (χ0) is 29.3. The summed E-state index contributed by atoms with van der Waals surface area (Å²) in [4.78, 5) is 37.3. The van der Waals surface area contributed by atoms with Gasteiger partial charge in [-0.15, -0.1) is 0 Å². The van der Waals surface area contributed by atoms with E-state index in [9.17, 15) is 19.5 Å². The average Bonchev–Trinajstić information content (AvgIpc) is 3.32. The van der Waals surface area contributed by atoms with Gasteiger partial charge in [0.25, 0.3) is 0 Å². The van der Waals surface area contributed by atoms with Crippen molar-refractivity contribution in [3.05, 3.63) is 89.5 Å². The summed E-state index contributed by atoms with van der Waals surface area (Å²) in [6.07, 6.45) is 3.12. The maximum Gasteiger partial charge on any atom is 0.336 e. The molecule has 0 aliphatic carbocycles. The lowest BCUT2D eigenvalue weighted by Gasteiger charge is -2.38. The number of piperidine rings is 1. The van der Waals surface area contributed by atoms with Crippen molar-refractivity contribution in [3.8, 4) is 0 Å². The van der Waals surface area contributed by atoms with Crippen molar-refractivity contribution in [3.63, 3.8) is 0 Å². The number of imidazole rings is 1. The molecule has 11 nitrogen and oxygen atoms in total. The first-order valence-corrected chi connectivity index (χ1v) is 12.8. The molecule has 5 N–H and O–H groups in total. The SMILES string of the molecule is Cc1ccc(C2(O)CCN(Cc3cncn3Cc3ccccc3)CC2)cc1.O=C(O)CC(O)(CC(=O)O)C(=O)O. The van der Waals surface area contributed by atoms with Crippen LogP contribution >= 0.6 is 0 Å². The van der Waals surface area contributed by atoms with E-state index >= 15 is 0 Å². The van der Waals surface area contributed by atoms with E-state index < -0.39 is 42.0 Å². The third kappa shape index (κ3) is 8.47. The summed E-state index contributed by atoms with van der Waals surface area (Å²) in [5.74, 6) is -5.02. The standard InChI is InChI=1S/C23H27N3O.C6H8O7/c1-19-7-9-21(10-8-19)23(27)11-13-25(14-12-23)17-22-15-24-18-26(22)16-20-5-3-2-4-6-20;7-3(8)1-6(13,5(11)12)2-4(9)10/h2-10,15,18,27H,11-14,16-17H2,1H3;13H,1-2H2,(H,7,8)(H,9,10)(H,11,12). The van der Waals surface area contributed by atoms with Gasteiger partial charge in [0.15, 0.2) is 5.60 Å². The Hall–Kier alpha value is -4.06. The van der Waals surface area contributed by atoms with Crippen molar-refractivity contribution in [2.75, 3.05) is 13.1 Å². The Morgan fingerprint density at radius 3 is 2.00 bits per heavy atom. The zero-order valence-electron chi connectivity index (χ0n) is 22.3. The quantitative estimate of drug-likeness (QED) is 0.251. The molecule has 0 unspecified atom stereocenters. The molecule has 0 radical (unpaired) electrons. The lowest BCUT2D eigenvalue weighted by atomic mass is 9.84. The number of carbonyl (C=O) groups is 3. The van der Waals surface area contributed by atoms with Crippen molar-refractivity contribution in [2.24, 2.45) is 0 Å². The van der Waals surface area contributed by atoms with Crippen LogP contribution < -0.4 is 0 Å². The largest absolute Gasteiger partial charge is 0.481 e. The van der Waals surface area contributed by atoms with Crippen LogP contribution in [0.4, 0.5) is 0 Å². The first-order valence-electron chi connectivity index (χ1n) is 12.8. The molecule has 0 atom stereocenters. The predicted octanol–water partition coefficient (Wildman–Crippen LogP) is 2.47. The van der Waals surface area contributed by atoms with Crippen LogP contribution in [0.1, 0.15) is 48.1 Å². The van der Waals surface area contributed by atoms with Crippen LogP contribution in [0.3, 0.4) is 0 Å². The fourth-order valence-corrected chi connectivity index (χ4v) is 4.58. The van der Waals surface area contributed by atoms with E-state index in [1.165, 1.54) is 16.8 Å². The van der Waals surface area contributed by atoms with Crippen LogP contribution in [0.15, 0.2) is 67.1 Å². The van der Waals surface area contributed by atoms with Gasteiger partial charge >= 0.3 is 17.9 Å². The Bertz CT molecular complexity index is 1270. The number of carboxylic acid groups (broad SMARTS) is 3. The fourth-order valence-electron chi connectivity index (χ4n) is 4.58. The van der Waals surface area contributed by atoms with Crippen LogP contribution in [0.25, 0.3) is 0 Å². The summed E-state index contributed by atoms with van der Waals surface area (Å²) in [5.41, 5.74) is 1.34. The fraction of sp³-hybridized carbons (Fsp3) is 0.379. The highest BCUT2D eigenvalue weighted by atomic mass is 16.4. The van der Waals surface area contributed by atoms with Gasteiger partial charge in [0.2, 0.25) is 0 Å². The molecular weight excluding hydrogens is 518 g/mol. The summed E-state index contributed by atoms with van der Waals surface area (Å²) >= 11 is 0. The van der Waals surface area contributed by atoms with Crippen molar-refractivity contribution < 1.29 is 39.9 Å². The third-order valence-electron chi connectivity index (χ3n) is 6.94. The van der Waals surface area contributed by atoms with Gasteiger partial charge in [-0.1, -0.05) is 60.2 Å². The van der Waals surface area contributed by atoms with Crippen molar-refractivity contribution in [1.29, 1.82) is 0 Å². The molecule has 2 aromatic carbocycles. The number of aliphatic hydroxyl groups is 2. The average molecular weight is 554 g/mol. The van der Waals surface area contributed by atoms with Crippen LogP contribution in [0, 0.1) is 6.92 Å². The molecule has 0 spiro atoms. The van der Waals surface area contributed by atoms with Gasteiger partial charge in [0.1, 0.15) is 0 Å². The van der Waals surface area contributed by atoms with Gasteiger partial charge < -0.3 is 30.1 Å². The summed E-state index contributed by atoms with van der Waals surface area (Å²) < 4.78 is 2.22. The second-order valence-corrected chi connectivity index (χ2v) is 10.2. The number of benzene rings is 2. The highest BCUT2D eigenvalue weighted by Gasteiger charge is 2.40. The van der Waals surface area contributed by atoms with E-state index in [4.69, 9.17) is 20.4 Å². The lowest BCUT2D eigenvalue weighted by Crippen LogP contribution is -2.42. The van der Waals surface area contributed by atoms with Gasteiger partial charge in [-0.2, -0.15) is 0 Å². The molecule has 3 aromatic rings. The Morgan fingerprint density at radius 1 is 0.900 bits per heavy atom. The van der Waals surface area contributed by atoms with Crippen molar-refractivity contribution in [1.82, 2.24) is 14.5 Å². The molecular formula is C29H35N3O8. The second kappa shape index (κ2) is 13.3. The molecule has 1 aliphatic heterocycles. The summed E-state index contributed by atoms with van der Waals surface area (Å²) in [7, 11) is 0. The summed E-state index contributed by atoms with van der Waals surface area (Å²) in [6, 6.07) is 18.8. The van der Waals surface area contributed by atoms with Crippen molar-refractivity contribution >= 4 is 17.9 Å². The monoisotopic (exact) mass is 553 g/mol.